The Bertz CT molecular complexity index is 524. The van der Waals surface area contributed by atoms with Gasteiger partial charge in [-0.15, -0.1) is 11.3 Å². The monoisotopic (exact) mass is 294 g/mol. The maximum Gasteiger partial charge on any atom is 0.0931 e. The van der Waals surface area contributed by atoms with Gasteiger partial charge >= 0.3 is 0 Å². The topological polar surface area (TPSA) is 29.3 Å². The first kappa shape index (κ1) is 14.4. The van der Waals surface area contributed by atoms with Crippen LogP contribution in [0.4, 0.5) is 5.69 Å². The third-order valence-corrected chi connectivity index (χ3v) is 4.12. The zero-order valence-corrected chi connectivity index (χ0v) is 12.7. The van der Waals surface area contributed by atoms with Crippen molar-refractivity contribution in [1.82, 2.24) is 4.90 Å². The Labute approximate surface area is 123 Å². The lowest BCUT2D eigenvalue weighted by Gasteiger charge is -2.21. The van der Waals surface area contributed by atoms with Crippen LogP contribution in [0.3, 0.4) is 0 Å². The van der Waals surface area contributed by atoms with Gasteiger partial charge in [0.15, 0.2) is 0 Å². The summed E-state index contributed by atoms with van der Waals surface area (Å²) < 4.78 is 0.857. The number of nitrogens with two attached hydrogens (primary N) is 1. The quantitative estimate of drug-likeness (QED) is 0.800. The number of rotatable bonds is 6. The van der Waals surface area contributed by atoms with Crippen LogP contribution in [0.1, 0.15) is 23.8 Å². The van der Waals surface area contributed by atoms with E-state index in [0.29, 0.717) is 0 Å². The van der Waals surface area contributed by atoms with E-state index in [-0.39, 0.29) is 0 Å². The average molecular weight is 295 g/mol. The summed E-state index contributed by atoms with van der Waals surface area (Å²) >= 11 is 7.64. The molecular weight excluding hydrogens is 276 g/mol. The van der Waals surface area contributed by atoms with E-state index in [0.717, 1.165) is 36.1 Å². The van der Waals surface area contributed by atoms with Crippen LogP contribution in [0, 0.1) is 0 Å². The minimum Gasteiger partial charge on any atom is -0.399 e. The molecule has 102 valence electrons. The van der Waals surface area contributed by atoms with E-state index in [4.69, 9.17) is 17.3 Å². The van der Waals surface area contributed by atoms with Gasteiger partial charge in [0.1, 0.15) is 0 Å². The summed E-state index contributed by atoms with van der Waals surface area (Å²) in [6, 6.07) is 12.2. The Morgan fingerprint density at radius 3 is 2.68 bits per heavy atom. The van der Waals surface area contributed by atoms with Crippen molar-refractivity contribution in [1.29, 1.82) is 0 Å². The number of benzene rings is 1. The molecule has 0 aliphatic carbocycles. The van der Waals surface area contributed by atoms with Crippen LogP contribution >= 0.6 is 22.9 Å². The first-order chi connectivity index (χ1) is 9.17. The molecule has 2 nitrogen and oxygen atoms in total. The standard InChI is InChI=1S/C15H19ClN2S/c1-2-8-18(11-14-6-7-15(16)19-14)10-12-4-3-5-13(17)9-12/h3-7,9H,2,8,10-11,17H2,1H3. The van der Waals surface area contributed by atoms with Crippen LogP contribution in [0.15, 0.2) is 36.4 Å². The summed E-state index contributed by atoms with van der Waals surface area (Å²) in [6.07, 6.45) is 1.14. The van der Waals surface area contributed by atoms with Crippen LogP contribution in [0.25, 0.3) is 0 Å². The Kier molecular flexibility index (Phi) is 5.25. The lowest BCUT2D eigenvalue weighted by atomic mass is 10.2. The van der Waals surface area contributed by atoms with Crippen molar-refractivity contribution >= 4 is 28.6 Å². The summed E-state index contributed by atoms with van der Waals surface area (Å²) in [6.45, 7) is 5.15. The zero-order valence-electron chi connectivity index (χ0n) is 11.1. The smallest absolute Gasteiger partial charge is 0.0931 e. The lowest BCUT2D eigenvalue weighted by Crippen LogP contribution is -2.23. The number of thiophene rings is 1. The predicted molar refractivity (Wildman–Crippen MR) is 84.6 cm³/mol. The van der Waals surface area contributed by atoms with Crippen molar-refractivity contribution in [2.24, 2.45) is 0 Å². The van der Waals surface area contributed by atoms with Crippen molar-refractivity contribution in [3.05, 3.63) is 51.2 Å². The summed E-state index contributed by atoms with van der Waals surface area (Å²) in [4.78, 5) is 3.74. The van der Waals surface area contributed by atoms with Gasteiger partial charge in [0.25, 0.3) is 0 Å². The number of hydrogen-bond donors (Lipinski definition) is 1. The molecule has 0 spiro atoms. The Morgan fingerprint density at radius 2 is 2.05 bits per heavy atom. The predicted octanol–water partition coefficient (Wildman–Crippen LogP) is 4.40. The molecule has 1 heterocycles. The fraction of sp³-hybridized carbons (Fsp3) is 0.333. The summed E-state index contributed by atoms with van der Waals surface area (Å²) in [5.74, 6) is 0. The van der Waals surface area contributed by atoms with Crippen molar-refractivity contribution in [3.8, 4) is 0 Å². The zero-order chi connectivity index (χ0) is 13.7. The van der Waals surface area contributed by atoms with Crippen LogP contribution < -0.4 is 5.73 Å². The van der Waals surface area contributed by atoms with Crippen LogP contribution in [-0.4, -0.2) is 11.4 Å². The van der Waals surface area contributed by atoms with E-state index in [1.54, 1.807) is 11.3 Å². The third-order valence-electron chi connectivity index (χ3n) is 2.91. The molecule has 2 rings (SSSR count). The van der Waals surface area contributed by atoms with Gasteiger partial charge in [-0.25, -0.2) is 0 Å². The van der Waals surface area contributed by atoms with E-state index in [9.17, 15) is 0 Å². The van der Waals surface area contributed by atoms with E-state index >= 15 is 0 Å². The molecule has 0 unspecified atom stereocenters. The van der Waals surface area contributed by atoms with Crippen LogP contribution in [0.5, 0.6) is 0 Å². The Balaban J connectivity index is 2.03. The highest BCUT2D eigenvalue weighted by molar-refractivity contribution is 7.16. The first-order valence-corrected chi connectivity index (χ1v) is 7.68. The minimum absolute atomic E-state index is 0.827. The van der Waals surface area contributed by atoms with Gasteiger partial charge in [-0.1, -0.05) is 30.7 Å². The molecule has 0 atom stereocenters. The number of nitrogen functional groups attached to an aromatic ring is 1. The molecule has 2 aromatic rings. The molecule has 1 aromatic heterocycles. The molecule has 0 saturated heterocycles. The highest BCUT2D eigenvalue weighted by Crippen LogP contribution is 2.23. The second-order valence-electron chi connectivity index (χ2n) is 4.66. The largest absolute Gasteiger partial charge is 0.399 e. The molecule has 0 fully saturated rings. The van der Waals surface area contributed by atoms with Gasteiger partial charge in [0.05, 0.1) is 4.34 Å². The molecule has 4 heteroatoms. The van der Waals surface area contributed by atoms with Crippen LogP contribution in [-0.2, 0) is 13.1 Å². The molecule has 0 amide bonds. The van der Waals surface area contributed by atoms with Gasteiger partial charge in [-0.05, 0) is 42.8 Å². The second kappa shape index (κ2) is 6.94. The summed E-state index contributed by atoms with van der Waals surface area (Å²) in [7, 11) is 0. The number of anilines is 1. The lowest BCUT2D eigenvalue weighted by molar-refractivity contribution is 0.259. The maximum absolute atomic E-state index is 5.99. The number of nitrogens with zero attached hydrogens (tertiary/aromatic N) is 1. The molecule has 0 saturated carbocycles. The number of hydrogen-bond acceptors (Lipinski definition) is 3. The maximum atomic E-state index is 5.99. The Hall–Kier alpha value is -1.03. The van der Waals surface area contributed by atoms with Gasteiger partial charge in [-0.3, -0.25) is 4.90 Å². The molecule has 2 N–H and O–H groups in total. The van der Waals surface area contributed by atoms with Crippen molar-refractivity contribution < 1.29 is 0 Å². The van der Waals surface area contributed by atoms with Crippen molar-refractivity contribution in [3.63, 3.8) is 0 Å². The van der Waals surface area contributed by atoms with Crippen LogP contribution in [0.2, 0.25) is 4.34 Å². The van der Waals surface area contributed by atoms with Gasteiger partial charge in [0, 0.05) is 23.7 Å². The fourth-order valence-corrected chi connectivity index (χ4v) is 3.27. The second-order valence-corrected chi connectivity index (χ2v) is 6.46. The fourth-order valence-electron chi connectivity index (χ4n) is 2.14. The average Bonchev–Trinajstić information content (AvgIpc) is 2.75. The van der Waals surface area contributed by atoms with E-state index < -0.39 is 0 Å². The molecule has 0 radical (unpaired) electrons. The molecule has 0 bridgehead atoms. The summed E-state index contributed by atoms with van der Waals surface area (Å²) in [5.41, 5.74) is 7.92. The van der Waals surface area contributed by atoms with E-state index in [2.05, 4.69) is 24.0 Å². The molecule has 19 heavy (non-hydrogen) atoms. The molecule has 0 aliphatic heterocycles. The van der Waals surface area contributed by atoms with Gasteiger partial charge in [0.2, 0.25) is 0 Å². The normalized spacial score (nSPS) is 11.1. The Morgan fingerprint density at radius 1 is 1.21 bits per heavy atom. The third kappa shape index (κ3) is 4.53. The molecular formula is C15H19ClN2S. The molecule has 1 aromatic carbocycles. The first-order valence-electron chi connectivity index (χ1n) is 6.48. The van der Waals surface area contributed by atoms with Gasteiger partial charge in [-0.2, -0.15) is 0 Å². The van der Waals surface area contributed by atoms with Crippen molar-refractivity contribution in [2.45, 2.75) is 26.4 Å². The van der Waals surface area contributed by atoms with Gasteiger partial charge < -0.3 is 5.73 Å². The minimum atomic E-state index is 0.827. The highest BCUT2D eigenvalue weighted by atomic mass is 35.5. The van der Waals surface area contributed by atoms with E-state index in [1.807, 2.05) is 24.3 Å². The summed E-state index contributed by atoms with van der Waals surface area (Å²) in [5, 5.41) is 0. The van der Waals surface area contributed by atoms with Crippen molar-refractivity contribution in [2.75, 3.05) is 12.3 Å². The number of halogens is 1. The highest BCUT2D eigenvalue weighted by Gasteiger charge is 2.08. The van der Waals surface area contributed by atoms with E-state index in [1.165, 1.54) is 10.4 Å². The SMILES string of the molecule is CCCN(Cc1cccc(N)c1)Cc1ccc(Cl)s1. The molecule has 0 aliphatic rings.